The molecule has 0 aliphatic heterocycles. The molecule has 0 saturated carbocycles. The standard InChI is InChI=1S/C13H20N2O3/c1-13(2,12(17)15-14)9-18-11-5-3-10(4-6-11)7-8-16/h3-6,16H,7-9,14H2,1-2H3,(H,15,17). The fourth-order valence-electron chi connectivity index (χ4n) is 1.41. The van der Waals surface area contributed by atoms with Crippen LogP contribution in [0, 0.1) is 5.41 Å². The largest absolute Gasteiger partial charge is 0.492 e. The molecule has 5 heteroatoms. The van der Waals surface area contributed by atoms with E-state index in [1.807, 2.05) is 24.3 Å². The fraction of sp³-hybridized carbons (Fsp3) is 0.462. The van der Waals surface area contributed by atoms with Gasteiger partial charge in [0, 0.05) is 6.61 Å². The lowest BCUT2D eigenvalue weighted by molar-refractivity contribution is -0.130. The van der Waals surface area contributed by atoms with Gasteiger partial charge in [0.05, 0.1) is 5.41 Å². The Morgan fingerprint density at radius 3 is 2.50 bits per heavy atom. The summed E-state index contributed by atoms with van der Waals surface area (Å²) in [4.78, 5) is 11.5. The van der Waals surface area contributed by atoms with Crippen LogP contribution < -0.4 is 16.0 Å². The molecule has 0 aliphatic rings. The summed E-state index contributed by atoms with van der Waals surface area (Å²) in [6, 6.07) is 7.42. The number of hydrogen-bond acceptors (Lipinski definition) is 4. The van der Waals surface area contributed by atoms with Crippen LogP contribution >= 0.6 is 0 Å². The van der Waals surface area contributed by atoms with Gasteiger partial charge in [-0.05, 0) is 38.0 Å². The van der Waals surface area contributed by atoms with E-state index in [1.165, 1.54) is 0 Å². The molecule has 0 saturated heterocycles. The molecule has 100 valence electrons. The Balaban J connectivity index is 2.55. The number of hydrogen-bond donors (Lipinski definition) is 3. The van der Waals surface area contributed by atoms with Crippen molar-refractivity contribution in [3.05, 3.63) is 29.8 Å². The van der Waals surface area contributed by atoms with Crippen LogP contribution in [0.3, 0.4) is 0 Å². The van der Waals surface area contributed by atoms with Crippen molar-refractivity contribution in [3.8, 4) is 5.75 Å². The van der Waals surface area contributed by atoms with Crippen molar-refractivity contribution in [3.63, 3.8) is 0 Å². The van der Waals surface area contributed by atoms with E-state index in [1.54, 1.807) is 13.8 Å². The maximum Gasteiger partial charge on any atom is 0.242 e. The molecular weight excluding hydrogens is 232 g/mol. The molecule has 1 aromatic rings. The number of rotatable bonds is 6. The highest BCUT2D eigenvalue weighted by Gasteiger charge is 2.27. The molecule has 18 heavy (non-hydrogen) atoms. The summed E-state index contributed by atoms with van der Waals surface area (Å²) in [5, 5.41) is 8.80. The molecule has 0 spiro atoms. The SMILES string of the molecule is CC(C)(COc1ccc(CCO)cc1)C(=O)NN. The Morgan fingerprint density at radius 1 is 1.39 bits per heavy atom. The molecule has 1 amide bonds. The summed E-state index contributed by atoms with van der Waals surface area (Å²) >= 11 is 0. The van der Waals surface area contributed by atoms with Crippen molar-refractivity contribution in [2.24, 2.45) is 11.3 Å². The molecule has 0 radical (unpaired) electrons. The van der Waals surface area contributed by atoms with Gasteiger partial charge < -0.3 is 9.84 Å². The van der Waals surface area contributed by atoms with E-state index in [-0.39, 0.29) is 19.1 Å². The molecule has 0 atom stereocenters. The number of nitrogens with one attached hydrogen (secondary N) is 1. The van der Waals surface area contributed by atoms with Crippen molar-refractivity contribution in [2.75, 3.05) is 13.2 Å². The number of carbonyl (C=O) groups is 1. The maximum absolute atomic E-state index is 11.5. The second kappa shape index (κ2) is 6.37. The van der Waals surface area contributed by atoms with E-state index in [4.69, 9.17) is 15.7 Å². The third-order valence-corrected chi connectivity index (χ3v) is 2.67. The van der Waals surface area contributed by atoms with Crippen molar-refractivity contribution >= 4 is 5.91 Å². The zero-order chi connectivity index (χ0) is 13.6. The summed E-state index contributed by atoms with van der Waals surface area (Å²) in [6.45, 7) is 3.89. The van der Waals surface area contributed by atoms with E-state index in [9.17, 15) is 4.79 Å². The van der Waals surface area contributed by atoms with Gasteiger partial charge in [-0.2, -0.15) is 0 Å². The van der Waals surface area contributed by atoms with Crippen LogP contribution in [-0.2, 0) is 11.2 Å². The quantitative estimate of drug-likeness (QED) is 0.393. The Morgan fingerprint density at radius 2 is 2.00 bits per heavy atom. The van der Waals surface area contributed by atoms with Gasteiger partial charge in [-0.3, -0.25) is 10.2 Å². The van der Waals surface area contributed by atoms with E-state index in [2.05, 4.69) is 5.43 Å². The highest BCUT2D eigenvalue weighted by molar-refractivity contribution is 5.81. The number of benzene rings is 1. The molecule has 0 fully saturated rings. The molecular formula is C13H20N2O3. The summed E-state index contributed by atoms with van der Waals surface area (Å²) in [6.07, 6.45) is 0.626. The monoisotopic (exact) mass is 252 g/mol. The van der Waals surface area contributed by atoms with Gasteiger partial charge in [0.1, 0.15) is 12.4 Å². The number of carbonyl (C=O) groups excluding carboxylic acids is 1. The summed E-state index contributed by atoms with van der Waals surface area (Å²) < 4.78 is 5.55. The van der Waals surface area contributed by atoms with Crippen LogP contribution in [0.25, 0.3) is 0 Å². The van der Waals surface area contributed by atoms with Crippen molar-refractivity contribution in [1.29, 1.82) is 0 Å². The van der Waals surface area contributed by atoms with Gasteiger partial charge in [0.2, 0.25) is 5.91 Å². The minimum Gasteiger partial charge on any atom is -0.492 e. The second-order valence-electron chi connectivity index (χ2n) is 4.76. The predicted molar refractivity (Wildman–Crippen MR) is 68.8 cm³/mol. The van der Waals surface area contributed by atoms with Gasteiger partial charge in [0.15, 0.2) is 0 Å². The Kier molecular flexibility index (Phi) is 5.12. The summed E-state index contributed by atoms with van der Waals surface area (Å²) in [5.74, 6) is 5.53. The van der Waals surface area contributed by atoms with E-state index in [0.29, 0.717) is 12.2 Å². The van der Waals surface area contributed by atoms with Crippen LogP contribution in [-0.4, -0.2) is 24.2 Å². The average Bonchev–Trinajstić information content (AvgIpc) is 2.37. The average molecular weight is 252 g/mol. The van der Waals surface area contributed by atoms with Crippen LogP contribution in [0.15, 0.2) is 24.3 Å². The normalized spacial score (nSPS) is 11.1. The lowest BCUT2D eigenvalue weighted by Gasteiger charge is -2.22. The summed E-state index contributed by atoms with van der Waals surface area (Å²) in [5.41, 5.74) is 2.48. The van der Waals surface area contributed by atoms with E-state index < -0.39 is 5.41 Å². The van der Waals surface area contributed by atoms with Crippen LogP contribution in [0.2, 0.25) is 0 Å². The van der Waals surface area contributed by atoms with E-state index >= 15 is 0 Å². The first-order valence-electron chi connectivity index (χ1n) is 5.83. The zero-order valence-corrected chi connectivity index (χ0v) is 10.8. The zero-order valence-electron chi connectivity index (χ0n) is 10.8. The van der Waals surface area contributed by atoms with Gasteiger partial charge in [-0.1, -0.05) is 12.1 Å². The van der Waals surface area contributed by atoms with Crippen molar-refractivity contribution in [2.45, 2.75) is 20.3 Å². The second-order valence-corrected chi connectivity index (χ2v) is 4.76. The minimum atomic E-state index is -0.682. The molecule has 1 rings (SSSR count). The minimum absolute atomic E-state index is 0.129. The first-order chi connectivity index (χ1) is 8.49. The van der Waals surface area contributed by atoms with Gasteiger partial charge in [-0.25, -0.2) is 5.84 Å². The van der Waals surface area contributed by atoms with Gasteiger partial charge >= 0.3 is 0 Å². The molecule has 0 unspecified atom stereocenters. The molecule has 1 aromatic carbocycles. The number of nitrogens with two attached hydrogens (primary N) is 1. The highest BCUT2D eigenvalue weighted by Crippen LogP contribution is 2.19. The molecule has 0 aromatic heterocycles. The van der Waals surface area contributed by atoms with Crippen LogP contribution in [0.1, 0.15) is 19.4 Å². The topological polar surface area (TPSA) is 84.6 Å². The smallest absolute Gasteiger partial charge is 0.242 e. The highest BCUT2D eigenvalue weighted by atomic mass is 16.5. The molecule has 5 nitrogen and oxygen atoms in total. The summed E-state index contributed by atoms with van der Waals surface area (Å²) in [7, 11) is 0. The first-order valence-corrected chi connectivity index (χ1v) is 5.83. The molecule has 0 aliphatic carbocycles. The third-order valence-electron chi connectivity index (χ3n) is 2.67. The third kappa shape index (κ3) is 4.01. The molecule has 0 bridgehead atoms. The number of amides is 1. The molecule has 0 heterocycles. The number of hydrazine groups is 1. The number of aliphatic hydroxyl groups excluding tert-OH is 1. The Bertz CT molecular complexity index is 388. The van der Waals surface area contributed by atoms with Crippen molar-refractivity contribution in [1.82, 2.24) is 5.43 Å². The first kappa shape index (κ1) is 14.5. The molecule has 4 N–H and O–H groups in total. The van der Waals surface area contributed by atoms with Crippen molar-refractivity contribution < 1.29 is 14.6 Å². The van der Waals surface area contributed by atoms with Crippen LogP contribution in [0.4, 0.5) is 0 Å². The van der Waals surface area contributed by atoms with Crippen LogP contribution in [0.5, 0.6) is 5.75 Å². The Hall–Kier alpha value is -1.59. The van der Waals surface area contributed by atoms with Gasteiger partial charge in [0.25, 0.3) is 0 Å². The predicted octanol–water partition coefficient (Wildman–Crippen LogP) is 0.616. The lowest BCUT2D eigenvalue weighted by atomic mass is 9.94. The van der Waals surface area contributed by atoms with E-state index in [0.717, 1.165) is 5.56 Å². The maximum atomic E-state index is 11.5. The van der Waals surface area contributed by atoms with Gasteiger partial charge in [-0.15, -0.1) is 0 Å². The number of aliphatic hydroxyl groups is 1. The number of ether oxygens (including phenoxy) is 1. The fourth-order valence-corrected chi connectivity index (χ4v) is 1.41. The lowest BCUT2D eigenvalue weighted by Crippen LogP contribution is -2.44. The Labute approximate surface area is 107 Å².